The minimum Gasteiger partial charge on any atom is -0.481 e. The van der Waals surface area contributed by atoms with E-state index < -0.39 is 5.97 Å². The molecule has 0 radical (unpaired) electrons. The molecule has 0 aliphatic carbocycles. The Morgan fingerprint density at radius 2 is 1.90 bits per heavy atom. The molecule has 9 heteroatoms. The zero-order chi connectivity index (χ0) is 21.4. The van der Waals surface area contributed by atoms with Gasteiger partial charge in [-0.2, -0.15) is 0 Å². The predicted molar refractivity (Wildman–Crippen MR) is 130 cm³/mol. The molecule has 0 aliphatic heterocycles. The average molecular weight is 568 g/mol. The van der Waals surface area contributed by atoms with Crippen LogP contribution in [0.1, 0.15) is 39.5 Å². The molecule has 0 spiro atoms. The topological polar surface area (TPSA) is 76.5 Å². The largest absolute Gasteiger partial charge is 0.481 e. The van der Waals surface area contributed by atoms with Crippen LogP contribution >= 0.6 is 57.7 Å². The van der Waals surface area contributed by atoms with Crippen LogP contribution in [0.5, 0.6) is 5.75 Å². The number of aliphatic carboxylic acids is 1. The zero-order valence-corrected chi connectivity index (χ0v) is 20.8. The van der Waals surface area contributed by atoms with Gasteiger partial charge in [-0.3, -0.25) is 14.6 Å². The third-order valence-electron chi connectivity index (χ3n) is 3.93. The van der Waals surface area contributed by atoms with E-state index in [0.29, 0.717) is 35.6 Å². The van der Waals surface area contributed by atoms with Gasteiger partial charge in [-0.05, 0) is 79.0 Å². The van der Waals surface area contributed by atoms with E-state index in [9.17, 15) is 9.59 Å². The lowest BCUT2D eigenvalue weighted by atomic mass is 10.2. The third kappa shape index (κ3) is 8.15. The number of hydrogen-bond donors (Lipinski definition) is 1. The van der Waals surface area contributed by atoms with Crippen molar-refractivity contribution in [2.75, 3.05) is 11.5 Å². The Morgan fingerprint density at radius 1 is 1.24 bits per heavy atom. The fourth-order valence-electron chi connectivity index (χ4n) is 2.53. The van der Waals surface area contributed by atoms with E-state index in [1.54, 1.807) is 41.9 Å². The third-order valence-corrected chi connectivity index (χ3v) is 8.12. The Bertz CT molecular complexity index is 879. The number of carbonyl (C=O) groups excluding carboxylic acids is 1. The Balaban J connectivity index is 1.81. The maximum atomic E-state index is 12.3. The van der Waals surface area contributed by atoms with Gasteiger partial charge in [0.25, 0.3) is 0 Å². The minimum atomic E-state index is -0.757. The smallest absolute Gasteiger partial charge is 0.311 e. The zero-order valence-electron chi connectivity index (χ0n) is 16.2. The number of esters is 1. The highest BCUT2D eigenvalue weighted by molar-refractivity contribution is 14.1. The standard InChI is InChI=1S/C20H23ClINO4S2/c1-20(2,28-10-4-7-16(24)25)29-11-5-8-17(26)27-19-15(22)12-14(21)13-6-3-9-23-18(13)19/h3,6,9,12H,4-5,7-8,10-11H2,1-2H3,(H,24,25). The molecule has 1 aromatic carbocycles. The van der Waals surface area contributed by atoms with Gasteiger partial charge in [0, 0.05) is 24.4 Å². The summed E-state index contributed by atoms with van der Waals surface area (Å²) in [7, 11) is 0. The fourth-order valence-corrected chi connectivity index (χ4v) is 6.04. The maximum Gasteiger partial charge on any atom is 0.311 e. The Labute approximate surface area is 197 Å². The number of ether oxygens (including phenoxy) is 1. The van der Waals surface area contributed by atoms with Crippen LogP contribution in [0.4, 0.5) is 0 Å². The number of benzene rings is 1. The number of carboxylic acid groups (broad SMARTS) is 1. The molecule has 158 valence electrons. The molecular weight excluding hydrogens is 545 g/mol. The summed E-state index contributed by atoms with van der Waals surface area (Å²) < 4.78 is 6.34. The summed E-state index contributed by atoms with van der Waals surface area (Å²) in [5.74, 6) is 1.05. The molecule has 0 amide bonds. The summed E-state index contributed by atoms with van der Waals surface area (Å²) in [6.45, 7) is 4.24. The molecule has 0 fully saturated rings. The van der Waals surface area contributed by atoms with Gasteiger partial charge in [0.15, 0.2) is 5.75 Å². The number of fused-ring (bicyclic) bond motifs is 1. The van der Waals surface area contributed by atoms with E-state index in [-0.39, 0.29) is 16.5 Å². The van der Waals surface area contributed by atoms with E-state index in [1.807, 2.05) is 6.07 Å². The fraction of sp³-hybridized carbons (Fsp3) is 0.450. The van der Waals surface area contributed by atoms with Crippen molar-refractivity contribution in [3.8, 4) is 5.75 Å². The predicted octanol–water partition coefficient (Wildman–Crippen LogP) is 6.25. The highest BCUT2D eigenvalue weighted by atomic mass is 127. The first kappa shape index (κ1) is 24.6. The summed E-state index contributed by atoms with van der Waals surface area (Å²) in [5.41, 5.74) is 0.589. The number of rotatable bonds is 11. The second kappa shape index (κ2) is 11.6. The van der Waals surface area contributed by atoms with E-state index in [4.69, 9.17) is 21.4 Å². The molecule has 0 saturated carbocycles. The van der Waals surface area contributed by atoms with Crippen LogP contribution in [0.2, 0.25) is 5.02 Å². The first-order valence-corrected chi connectivity index (χ1v) is 12.6. The lowest BCUT2D eigenvalue weighted by Crippen LogP contribution is -2.13. The normalized spacial score (nSPS) is 11.6. The van der Waals surface area contributed by atoms with Crippen LogP contribution in [0, 0.1) is 3.57 Å². The first-order valence-electron chi connectivity index (χ1n) is 9.13. The number of halogens is 2. The van der Waals surface area contributed by atoms with Gasteiger partial charge in [-0.15, -0.1) is 23.5 Å². The van der Waals surface area contributed by atoms with E-state index >= 15 is 0 Å². The minimum absolute atomic E-state index is 0.0198. The van der Waals surface area contributed by atoms with Crippen molar-refractivity contribution in [3.05, 3.63) is 33.0 Å². The van der Waals surface area contributed by atoms with Crippen molar-refractivity contribution in [1.29, 1.82) is 0 Å². The van der Waals surface area contributed by atoms with Crippen LogP contribution in [0.15, 0.2) is 24.4 Å². The van der Waals surface area contributed by atoms with Crippen molar-refractivity contribution >= 4 is 80.6 Å². The Kier molecular flexibility index (Phi) is 9.84. The Hall–Kier alpha value is -0.710. The molecule has 0 unspecified atom stereocenters. The number of nitrogens with zero attached hydrogens (tertiary/aromatic N) is 1. The molecular formula is C20H23ClINO4S2. The van der Waals surface area contributed by atoms with Crippen LogP contribution < -0.4 is 4.74 Å². The van der Waals surface area contributed by atoms with Crippen molar-refractivity contribution in [2.24, 2.45) is 0 Å². The maximum absolute atomic E-state index is 12.3. The van der Waals surface area contributed by atoms with Gasteiger partial charge in [0.1, 0.15) is 5.52 Å². The summed E-state index contributed by atoms with van der Waals surface area (Å²) in [6.07, 6.45) is 3.54. The SMILES string of the molecule is CC(C)(SCCCC(=O)O)SCCCC(=O)Oc1c(I)cc(Cl)c2cccnc12. The van der Waals surface area contributed by atoms with Gasteiger partial charge in [-0.25, -0.2) is 0 Å². The van der Waals surface area contributed by atoms with Crippen molar-refractivity contribution < 1.29 is 19.4 Å². The lowest BCUT2D eigenvalue weighted by molar-refractivity contribution is -0.137. The first-order chi connectivity index (χ1) is 13.7. The van der Waals surface area contributed by atoms with Gasteiger partial charge < -0.3 is 9.84 Å². The van der Waals surface area contributed by atoms with Crippen LogP contribution in [-0.2, 0) is 9.59 Å². The van der Waals surface area contributed by atoms with Gasteiger partial charge in [0.2, 0.25) is 0 Å². The summed E-state index contributed by atoms with van der Waals surface area (Å²) in [4.78, 5) is 27.2. The molecule has 1 N–H and O–H groups in total. The van der Waals surface area contributed by atoms with Gasteiger partial charge in [-0.1, -0.05) is 11.6 Å². The van der Waals surface area contributed by atoms with Crippen molar-refractivity contribution in [2.45, 2.75) is 43.6 Å². The second-order valence-corrected chi connectivity index (χ2v) is 12.0. The molecule has 0 atom stereocenters. The summed E-state index contributed by atoms with van der Waals surface area (Å²) in [6, 6.07) is 5.42. The molecule has 0 bridgehead atoms. The van der Waals surface area contributed by atoms with Gasteiger partial charge in [0.05, 0.1) is 12.7 Å². The molecule has 2 aromatic rings. The van der Waals surface area contributed by atoms with Crippen LogP contribution in [0.3, 0.4) is 0 Å². The number of aromatic nitrogens is 1. The molecule has 0 aliphatic rings. The van der Waals surface area contributed by atoms with E-state index in [2.05, 4.69) is 41.4 Å². The van der Waals surface area contributed by atoms with Crippen molar-refractivity contribution in [3.63, 3.8) is 0 Å². The number of carbonyl (C=O) groups is 2. The molecule has 1 aromatic heterocycles. The quantitative estimate of drug-likeness (QED) is 0.113. The Morgan fingerprint density at radius 3 is 2.55 bits per heavy atom. The molecule has 2 rings (SSSR count). The van der Waals surface area contributed by atoms with Crippen molar-refractivity contribution in [1.82, 2.24) is 4.98 Å². The molecule has 5 nitrogen and oxygen atoms in total. The second-order valence-electron chi connectivity index (χ2n) is 6.74. The van der Waals surface area contributed by atoms with Gasteiger partial charge >= 0.3 is 11.9 Å². The van der Waals surface area contributed by atoms with Crippen LogP contribution in [-0.4, -0.2) is 37.6 Å². The number of carboxylic acids is 1. The molecule has 1 heterocycles. The average Bonchev–Trinajstić information content (AvgIpc) is 2.66. The van der Waals surface area contributed by atoms with Crippen LogP contribution in [0.25, 0.3) is 10.9 Å². The highest BCUT2D eigenvalue weighted by Gasteiger charge is 2.19. The summed E-state index contributed by atoms with van der Waals surface area (Å²) in [5, 5.41) is 10.0. The number of pyridine rings is 1. The number of hydrogen-bond acceptors (Lipinski definition) is 6. The monoisotopic (exact) mass is 567 g/mol. The molecule has 0 saturated heterocycles. The highest BCUT2D eigenvalue weighted by Crippen LogP contribution is 2.38. The summed E-state index contributed by atoms with van der Waals surface area (Å²) >= 11 is 11.9. The van der Waals surface area contributed by atoms with E-state index in [1.165, 1.54) is 0 Å². The lowest BCUT2D eigenvalue weighted by Gasteiger charge is -2.23. The van der Waals surface area contributed by atoms with E-state index in [0.717, 1.165) is 20.5 Å². The number of thioether (sulfide) groups is 2. The molecule has 29 heavy (non-hydrogen) atoms.